The van der Waals surface area contributed by atoms with Gasteiger partial charge < -0.3 is 20.3 Å². The van der Waals surface area contributed by atoms with E-state index in [4.69, 9.17) is 4.74 Å². The topological polar surface area (TPSA) is 103 Å². The molecule has 2 aliphatic rings. The van der Waals surface area contributed by atoms with E-state index in [1.165, 1.54) is 15.5 Å². The monoisotopic (exact) mass is 389 g/mol. The van der Waals surface area contributed by atoms with Gasteiger partial charge in [-0.3, -0.25) is 4.79 Å². The molecule has 2 fully saturated rings. The van der Waals surface area contributed by atoms with Gasteiger partial charge in [-0.15, -0.1) is 0 Å². The van der Waals surface area contributed by atoms with Gasteiger partial charge in [0.25, 0.3) is 0 Å². The summed E-state index contributed by atoms with van der Waals surface area (Å²) >= 11 is 0. The summed E-state index contributed by atoms with van der Waals surface area (Å²) in [6, 6.07) is -0.0867. The maximum absolute atomic E-state index is 11.9. The fraction of sp³-hybridized carbons (Fsp3) is 0.875. The number of hydrogen-bond acceptors (Lipinski definition) is 5. The van der Waals surface area contributed by atoms with E-state index in [2.05, 4.69) is 15.6 Å². The number of hydrogen-bond donors (Lipinski definition) is 2. The Morgan fingerprint density at radius 2 is 2.00 bits per heavy atom. The minimum atomic E-state index is -3.21. The maximum atomic E-state index is 11.9. The van der Waals surface area contributed by atoms with Gasteiger partial charge in [0, 0.05) is 52.3 Å². The first kappa shape index (κ1) is 20.9. The molecule has 0 spiro atoms. The molecule has 0 aliphatic carbocycles. The van der Waals surface area contributed by atoms with Crippen LogP contribution >= 0.6 is 0 Å². The van der Waals surface area contributed by atoms with Crippen molar-refractivity contribution >= 4 is 21.9 Å². The molecule has 0 radical (unpaired) electrons. The summed E-state index contributed by atoms with van der Waals surface area (Å²) < 4.78 is 30.6. The van der Waals surface area contributed by atoms with Gasteiger partial charge in [-0.1, -0.05) is 0 Å². The third kappa shape index (κ3) is 6.40. The zero-order valence-electron chi connectivity index (χ0n) is 15.9. The summed E-state index contributed by atoms with van der Waals surface area (Å²) in [4.78, 5) is 17.7. The molecule has 26 heavy (non-hydrogen) atoms. The molecule has 2 N–H and O–H groups in total. The number of ether oxygens (including phenoxy) is 1. The van der Waals surface area contributed by atoms with Crippen LogP contribution in [0.3, 0.4) is 0 Å². The molecule has 1 unspecified atom stereocenters. The Morgan fingerprint density at radius 3 is 2.62 bits per heavy atom. The average molecular weight is 390 g/mol. The minimum Gasteiger partial charge on any atom is -0.381 e. The van der Waals surface area contributed by atoms with Gasteiger partial charge in [0.05, 0.1) is 12.9 Å². The number of sulfonamides is 1. The van der Waals surface area contributed by atoms with Gasteiger partial charge in [0.15, 0.2) is 5.96 Å². The minimum absolute atomic E-state index is 0.0456. The zero-order chi connectivity index (χ0) is 19.2. The summed E-state index contributed by atoms with van der Waals surface area (Å²) in [5.74, 6) is 0.868. The highest BCUT2D eigenvalue weighted by molar-refractivity contribution is 7.88. The molecular weight excluding hydrogens is 358 g/mol. The molecule has 0 aromatic heterocycles. The quantitative estimate of drug-likeness (QED) is 0.431. The highest BCUT2D eigenvalue weighted by Crippen LogP contribution is 2.19. The van der Waals surface area contributed by atoms with Gasteiger partial charge in [-0.05, 0) is 19.3 Å². The van der Waals surface area contributed by atoms with E-state index < -0.39 is 10.0 Å². The molecule has 2 saturated heterocycles. The molecule has 0 bridgehead atoms. The SMILES string of the molecule is CN(C)C(=O)CN=C(NCC1CCOC1)NC[C@H]1CCCN1S(C)(=O)=O. The fourth-order valence-electron chi connectivity index (χ4n) is 3.11. The number of aliphatic imine (C=N–C) groups is 1. The first-order valence-electron chi connectivity index (χ1n) is 9.04. The van der Waals surface area contributed by atoms with Gasteiger partial charge in [-0.25, -0.2) is 13.4 Å². The maximum Gasteiger partial charge on any atom is 0.243 e. The summed E-state index contributed by atoms with van der Waals surface area (Å²) in [6.07, 6.45) is 3.92. The molecule has 1 amide bonds. The van der Waals surface area contributed by atoms with Crippen LogP contribution in [0.4, 0.5) is 0 Å². The normalized spacial score (nSPS) is 24.7. The van der Waals surface area contributed by atoms with Gasteiger partial charge >= 0.3 is 0 Å². The Bertz CT molecular complexity index is 602. The smallest absolute Gasteiger partial charge is 0.243 e. The molecule has 10 heteroatoms. The number of rotatable bonds is 7. The first-order valence-corrected chi connectivity index (χ1v) is 10.9. The average Bonchev–Trinajstić information content (AvgIpc) is 3.24. The highest BCUT2D eigenvalue weighted by atomic mass is 32.2. The van der Waals surface area contributed by atoms with Crippen molar-refractivity contribution in [1.82, 2.24) is 19.8 Å². The van der Waals surface area contributed by atoms with Gasteiger partial charge in [0.1, 0.15) is 6.54 Å². The number of likely N-dealkylation sites (N-methyl/N-ethyl adjacent to an activating group) is 1. The molecule has 2 heterocycles. The molecule has 9 nitrogen and oxygen atoms in total. The summed E-state index contributed by atoms with van der Waals surface area (Å²) in [6.45, 7) is 3.28. The lowest BCUT2D eigenvalue weighted by molar-refractivity contribution is -0.127. The molecule has 2 atom stereocenters. The van der Waals surface area contributed by atoms with Gasteiger partial charge in [-0.2, -0.15) is 4.31 Å². The lowest BCUT2D eigenvalue weighted by Crippen LogP contribution is -2.47. The van der Waals surface area contributed by atoms with Crippen LogP contribution in [0.2, 0.25) is 0 Å². The Hall–Kier alpha value is -1.39. The molecule has 0 saturated carbocycles. The molecule has 2 rings (SSSR count). The number of amides is 1. The Balaban J connectivity index is 1.93. The Labute approximate surface area is 156 Å². The van der Waals surface area contributed by atoms with E-state index in [-0.39, 0.29) is 18.5 Å². The fourth-order valence-corrected chi connectivity index (χ4v) is 4.29. The molecular formula is C16H31N5O4S. The second kappa shape index (κ2) is 9.52. The summed E-state index contributed by atoms with van der Waals surface area (Å²) in [7, 11) is 0.176. The summed E-state index contributed by atoms with van der Waals surface area (Å²) in [5, 5.41) is 6.46. The number of nitrogens with one attached hydrogen (secondary N) is 2. The van der Waals surface area contributed by atoms with E-state index in [1.54, 1.807) is 14.1 Å². The van der Waals surface area contributed by atoms with E-state index in [0.717, 1.165) is 32.5 Å². The second-order valence-electron chi connectivity index (χ2n) is 7.11. The van der Waals surface area contributed by atoms with Crippen molar-refractivity contribution in [3.63, 3.8) is 0 Å². The second-order valence-corrected chi connectivity index (χ2v) is 9.05. The number of nitrogens with zero attached hydrogens (tertiary/aromatic N) is 3. The van der Waals surface area contributed by atoms with E-state index >= 15 is 0 Å². The number of carbonyl (C=O) groups is 1. The van der Waals surface area contributed by atoms with Crippen LogP contribution in [0, 0.1) is 5.92 Å². The van der Waals surface area contributed by atoms with Crippen LogP contribution in [0.1, 0.15) is 19.3 Å². The lowest BCUT2D eigenvalue weighted by atomic mass is 10.1. The third-order valence-electron chi connectivity index (χ3n) is 4.71. The van der Waals surface area contributed by atoms with Gasteiger partial charge in [0.2, 0.25) is 15.9 Å². The van der Waals surface area contributed by atoms with Crippen molar-refractivity contribution in [1.29, 1.82) is 0 Å². The summed E-state index contributed by atoms with van der Waals surface area (Å²) in [5.41, 5.74) is 0. The lowest BCUT2D eigenvalue weighted by Gasteiger charge is -2.24. The van der Waals surface area contributed by atoms with E-state index in [9.17, 15) is 13.2 Å². The predicted molar refractivity (Wildman–Crippen MR) is 100 cm³/mol. The Kier molecular flexibility index (Phi) is 7.66. The van der Waals surface area contributed by atoms with Crippen LogP contribution in [0.5, 0.6) is 0 Å². The molecule has 0 aromatic rings. The Morgan fingerprint density at radius 1 is 1.27 bits per heavy atom. The first-order chi connectivity index (χ1) is 12.3. The standard InChI is InChI=1S/C16H31N5O4S/c1-20(2)15(22)11-19-16(17-9-13-6-8-25-12-13)18-10-14-5-4-7-21(14)26(3,23)24/h13-14H,4-12H2,1-3H3,(H2,17,18,19)/t13?,14-/m1/s1. The van der Waals surface area contributed by atoms with Crippen LogP contribution < -0.4 is 10.6 Å². The van der Waals surface area contributed by atoms with Crippen molar-refractivity contribution in [3.8, 4) is 0 Å². The van der Waals surface area contributed by atoms with Crippen molar-refractivity contribution in [2.45, 2.75) is 25.3 Å². The van der Waals surface area contributed by atoms with Crippen LogP contribution in [-0.2, 0) is 19.6 Å². The van der Waals surface area contributed by atoms with Crippen LogP contribution in [-0.4, -0.2) is 95.3 Å². The van der Waals surface area contributed by atoms with E-state index in [0.29, 0.717) is 31.5 Å². The number of guanidine groups is 1. The van der Waals surface area contributed by atoms with Crippen LogP contribution in [0.15, 0.2) is 4.99 Å². The molecule has 2 aliphatic heterocycles. The number of carbonyl (C=O) groups excluding carboxylic acids is 1. The molecule has 150 valence electrons. The van der Waals surface area contributed by atoms with Crippen molar-refractivity contribution in [2.75, 3.05) is 59.7 Å². The largest absolute Gasteiger partial charge is 0.381 e. The highest BCUT2D eigenvalue weighted by Gasteiger charge is 2.31. The van der Waals surface area contributed by atoms with Crippen molar-refractivity contribution in [2.24, 2.45) is 10.9 Å². The third-order valence-corrected chi connectivity index (χ3v) is 6.04. The van der Waals surface area contributed by atoms with Crippen LogP contribution in [0.25, 0.3) is 0 Å². The van der Waals surface area contributed by atoms with Crippen molar-refractivity contribution < 1.29 is 17.9 Å². The zero-order valence-corrected chi connectivity index (χ0v) is 16.7. The predicted octanol–water partition coefficient (Wildman–Crippen LogP) is -0.930. The van der Waals surface area contributed by atoms with Crippen molar-refractivity contribution in [3.05, 3.63) is 0 Å². The molecule has 0 aromatic carbocycles. The van der Waals surface area contributed by atoms with E-state index in [1.807, 2.05) is 0 Å².